The summed E-state index contributed by atoms with van der Waals surface area (Å²) in [6, 6.07) is 4.11. The van der Waals surface area contributed by atoms with Gasteiger partial charge in [-0.3, -0.25) is 4.90 Å². The van der Waals surface area contributed by atoms with Crippen LogP contribution in [0.5, 0.6) is 5.75 Å². The second-order valence-electron chi connectivity index (χ2n) is 9.06. The van der Waals surface area contributed by atoms with Gasteiger partial charge in [-0.05, 0) is 57.7 Å². The van der Waals surface area contributed by atoms with Gasteiger partial charge in [0.1, 0.15) is 17.2 Å². The first kappa shape index (κ1) is 19.0. The van der Waals surface area contributed by atoms with Crippen molar-refractivity contribution in [3.05, 3.63) is 18.3 Å². The minimum Gasteiger partial charge on any atom is -0.487 e. The molecule has 0 amide bonds. The van der Waals surface area contributed by atoms with Crippen molar-refractivity contribution in [1.29, 1.82) is 0 Å². The normalized spacial score (nSPS) is 17.2. The van der Waals surface area contributed by atoms with E-state index >= 15 is 0 Å². The molecule has 0 N–H and O–H groups in total. The summed E-state index contributed by atoms with van der Waals surface area (Å²) >= 11 is 0. The van der Waals surface area contributed by atoms with E-state index in [-0.39, 0.29) is 5.60 Å². The van der Waals surface area contributed by atoms with Crippen molar-refractivity contribution in [3.63, 3.8) is 0 Å². The molecule has 2 rings (SSSR count). The highest BCUT2D eigenvalue weighted by molar-refractivity contribution is 5.41. The van der Waals surface area contributed by atoms with E-state index in [1.165, 1.54) is 19.4 Å². The maximum atomic E-state index is 5.84. The molecule has 4 nitrogen and oxygen atoms in total. The zero-order valence-electron chi connectivity index (χ0n) is 16.4. The van der Waals surface area contributed by atoms with Gasteiger partial charge in [0.2, 0.25) is 0 Å². The van der Waals surface area contributed by atoms with Crippen molar-refractivity contribution in [2.24, 2.45) is 5.41 Å². The van der Waals surface area contributed by atoms with Gasteiger partial charge in [0.15, 0.2) is 0 Å². The number of hydrogen-bond donors (Lipinski definition) is 0. The minimum absolute atomic E-state index is 0.179. The lowest BCUT2D eigenvalue weighted by molar-refractivity contribution is 0.130. The van der Waals surface area contributed by atoms with E-state index in [0.717, 1.165) is 37.7 Å². The Morgan fingerprint density at radius 3 is 2.17 bits per heavy atom. The second-order valence-corrected chi connectivity index (χ2v) is 9.06. The lowest BCUT2D eigenvalue weighted by Gasteiger charge is -2.36. The SMILES string of the molecule is CC(C)(C)CCCN1CCN(c2ccc(OC(C)(C)C)cn2)CC1. The summed E-state index contributed by atoms with van der Waals surface area (Å²) in [7, 11) is 0. The zero-order valence-corrected chi connectivity index (χ0v) is 16.4. The Bertz CT molecular complexity index is 491. The molecule has 1 saturated heterocycles. The van der Waals surface area contributed by atoms with E-state index in [2.05, 4.69) is 62.4 Å². The molecule has 1 aliphatic rings. The summed E-state index contributed by atoms with van der Waals surface area (Å²) in [4.78, 5) is 9.55. The standard InChI is InChI=1S/C20H35N3O/c1-19(2,3)10-7-11-22-12-14-23(15-13-22)18-9-8-17(16-21-18)24-20(4,5)6/h8-9,16H,7,10-15H2,1-6H3. The molecule has 1 fully saturated rings. The smallest absolute Gasteiger partial charge is 0.138 e. The van der Waals surface area contributed by atoms with E-state index in [0.29, 0.717) is 5.41 Å². The predicted molar refractivity (Wildman–Crippen MR) is 102 cm³/mol. The lowest BCUT2D eigenvalue weighted by atomic mass is 9.90. The Hall–Kier alpha value is -1.29. The molecular weight excluding hydrogens is 298 g/mol. The first-order valence-corrected chi connectivity index (χ1v) is 9.25. The first-order valence-electron chi connectivity index (χ1n) is 9.25. The molecule has 0 aromatic carbocycles. The van der Waals surface area contributed by atoms with Gasteiger partial charge in [-0.1, -0.05) is 20.8 Å². The molecule has 0 saturated carbocycles. The molecule has 0 bridgehead atoms. The molecule has 0 radical (unpaired) electrons. The number of hydrogen-bond acceptors (Lipinski definition) is 4. The van der Waals surface area contributed by atoms with Crippen molar-refractivity contribution in [2.75, 3.05) is 37.6 Å². The number of rotatable bonds is 5. The molecule has 1 aromatic heterocycles. The van der Waals surface area contributed by atoms with E-state index in [1.54, 1.807) is 0 Å². The molecule has 0 spiro atoms. The van der Waals surface area contributed by atoms with Crippen LogP contribution in [0.15, 0.2) is 18.3 Å². The molecule has 24 heavy (non-hydrogen) atoms. The summed E-state index contributed by atoms with van der Waals surface area (Å²) in [5.74, 6) is 1.90. The van der Waals surface area contributed by atoms with Gasteiger partial charge in [-0.15, -0.1) is 0 Å². The molecule has 0 unspecified atom stereocenters. The van der Waals surface area contributed by atoms with Crippen molar-refractivity contribution in [2.45, 2.75) is 60.0 Å². The average Bonchev–Trinajstić information content (AvgIpc) is 2.46. The van der Waals surface area contributed by atoms with E-state index in [9.17, 15) is 0 Å². The van der Waals surface area contributed by atoms with Crippen LogP contribution < -0.4 is 9.64 Å². The largest absolute Gasteiger partial charge is 0.487 e. The fourth-order valence-electron chi connectivity index (χ4n) is 3.01. The third kappa shape index (κ3) is 6.68. The first-order chi connectivity index (χ1) is 11.1. The van der Waals surface area contributed by atoms with E-state index in [1.807, 2.05) is 12.3 Å². The Labute approximate surface area is 148 Å². The van der Waals surface area contributed by atoms with Crippen LogP contribution in [0, 0.1) is 5.41 Å². The number of anilines is 1. The van der Waals surface area contributed by atoms with Gasteiger partial charge in [-0.2, -0.15) is 0 Å². The summed E-state index contributed by atoms with van der Waals surface area (Å²) < 4.78 is 5.84. The fraction of sp³-hybridized carbons (Fsp3) is 0.750. The lowest BCUT2D eigenvalue weighted by Crippen LogP contribution is -2.47. The maximum Gasteiger partial charge on any atom is 0.138 e. The van der Waals surface area contributed by atoms with Crippen LogP contribution in [0.2, 0.25) is 0 Å². The van der Waals surface area contributed by atoms with Crippen LogP contribution in [0.1, 0.15) is 54.4 Å². The maximum absolute atomic E-state index is 5.84. The molecule has 0 aliphatic carbocycles. The number of nitrogens with zero attached hydrogens (tertiary/aromatic N) is 3. The van der Waals surface area contributed by atoms with Crippen LogP contribution in [0.3, 0.4) is 0 Å². The van der Waals surface area contributed by atoms with Crippen LogP contribution in [-0.2, 0) is 0 Å². The summed E-state index contributed by atoms with van der Waals surface area (Å²) in [6.07, 6.45) is 4.43. The molecular formula is C20H35N3O. The van der Waals surface area contributed by atoms with Gasteiger partial charge >= 0.3 is 0 Å². The zero-order chi connectivity index (χ0) is 17.8. The average molecular weight is 334 g/mol. The number of aromatic nitrogens is 1. The second kappa shape index (κ2) is 7.73. The van der Waals surface area contributed by atoms with Gasteiger partial charge < -0.3 is 9.64 Å². The number of ether oxygens (including phenoxy) is 1. The highest BCUT2D eigenvalue weighted by Crippen LogP contribution is 2.22. The monoisotopic (exact) mass is 333 g/mol. The van der Waals surface area contributed by atoms with Crippen LogP contribution >= 0.6 is 0 Å². The third-order valence-corrected chi connectivity index (χ3v) is 4.24. The molecule has 4 heteroatoms. The quantitative estimate of drug-likeness (QED) is 0.807. The van der Waals surface area contributed by atoms with Gasteiger partial charge in [0.05, 0.1) is 6.20 Å². The van der Waals surface area contributed by atoms with Crippen LogP contribution in [0.25, 0.3) is 0 Å². The summed E-state index contributed by atoms with van der Waals surface area (Å²) in [5.41, 5.74) is 0.268. The van der Waals surface area contributed by atoms with Crippen molar-refractivity contribution in [3.8, 4) is 5.75 Å². The van der Waals surface area contributed by atoms with E-state index in [4.69, 9.17) is 4.74 Å². The highest BCUT2D eigenvalue weighted by Gasteiger charge is 2.19. The third-order valence-electron chi connectivity index (χ3n) is 4.24. The molecule has 136 valence electrons. The Morgan fingerprint density at radius 2 is 1.67 bits per heavy atom. The molecule has 1 aromatic rings. The fourth-order valence-corrected chi connectivity index (χ4v) is 3.01. The number of piperazine rings is 1. The van der Waals surface area contributed by atoms with Crippen molar-refractivity contribution >= 4 is 5.82 Å². The topological polar surface area (TPSA) is 28.6 Å². The van der Waals surface area contributed by atoms with E-state index < -0.39 is 0 Å². The minimum atomic E-state index is -0.179. The number of pyridine rings is 1. The Balaban J connectivity index is 1.78. The molecule has 2 heterocycles. The van der Waals surface area contributed by atoms with Gasteiger partial charge in [-0.25, -0.2) is 4.98 Å². The van der Waals surface area contributed by atoms with Crippen molar-refractivity contribution in [1.82, 2.24) is 9.88 Å². The molecule has 1 aliphatic heterocycles. The Kier molecular flexibility index (Phi) is 6.13. The summed E-state index contributed by atoms with van der Waals surface area (Å²) in [5, 5.41) is 0. The van der Waals surface area contributed by atoms with Crippen LogP contribution in [-0.4, -0.2) is 48.2 Å². The van der Waals surface area contributed by atoms with Crippen LogP contribution in [0.4, 0.5) is 5.82 Å². The van der Waals surface area contributed by atoms with Gasteiger partial charge in [0.25, 0.3) is 0 Å². The summed E-state index contributed by atoms with van der Waals surface area (Å²) in [6.45, 7) is 18.7. The highest BCUT2D eigenvalue weighted by atomic mass is 16.5. The Morgan fingerprint density at radius 1 is 1.00 bits per heavy atom. The molecule has 0 atom stereocenters. The predicted octanol–water partition coefficient (Wildman–Crippen LogP) is 4.21. The van der Waals surface area contributed by atoms with Crippen molar-refractivity contribution < 1.29 is 4.74 Å². The van der Waals surface area contributed by atoms with Gasteiger partial charge in [0, 0.05) is 26.2 Å².